The second kappa shape index (κ2) is 9.27. The Morgan fingerprint density at radius 2 is 1.97 bits per heavy atom. The van der Waals surface area contributed by atoms with Crippen molar-refractivity contribution < 1.29 is 22.7 Å². The van der Waals surface area contributed by atoms with Crippen molar-refractivity contribution >= 4 is 5.91 Å². The van der Waals surface area contributed by atoms with E-state index in [4.69, 9.17) is 4.74 Å². The maximum Gasteiger partial charge on any atom is 0.416 e. The predicted octanol–water partition coefficient (Wildman–Crippen LogP) is 4.43. The average molecular weight is 464 g/mol. The van der Waals surface area contributed by atoms with Gasteiger partial charge in [0.2, 0.25) is 5.91 Å². The van der Waals surface area contributed by atoms with Crippen molar-refractivity contribution in [2.24, 2.45) is 11.3 Å². The molecule has 0 unspecified atom stereocenters. The van der Waals surface area contributed by atoms with E-state index in [0.717, 1.165) is 57.5 Å². The molecule has 1 amide bonds. The van der Waals surface area contributed by atoms with Crippen LogP contribution in [0.2, 0.25) is 0 Å². The first kappa shape index (κ1) is 24.0. The first-order valence-electron chi connectivity index (χ1n) is 11.9. The van der Waals surface area contributed by atoms with Crippen molar-refractivity contribution in [3.05, 3.63) is 34.4 Å². The van der Waals surface area contributed by atoms with Gasteiger partial charge in [-0.15, -0.1) is 0 Å². The van der Waals surface area contributed by atoms with Gasteiger partial charge in [-0.1, -0.05) is 13.8 Å². The lowest BCUT2D eigenvalue weighted by Crippen LogP contribution is -2.49. The molecule has 2 heterocycles. The number of nitriles is 1. The van der Waals surface area contributed by atoms with Crippen LogP contribution >= 0.6 is 0 Å². The van der Waals surface area contributed by atoms with Gasteiger partial charge in [0.1, 0.15) is 0 Å². The van der Waals surface area contributed by atoms with Gasteiger partial charge in [-0.2, -0.15) is 18.4 Å². The molecule has 0 aromatic heterocycles. The molecule has 180 valence electrons. The predicted molar refractivity (Wildman–Crippen MR) is 117 cm³/mol. The summed E-state index contributed by atoms with van der Waals surface area (Å²) in [6.45, 7) is 6.22. The third-order valence-electron chi connectivity index (χ3n) is 7.84. The number of fused-ring (bicyclic) bond motifs is 1. The van der Waals surface area contributed by atoms with Crippen molar-refractivity contribution in [1.82, 2.24) is 10.2 Å². The fourth-order valence-corrected chi connectivity index (χ4v) is 5.83. The van der Waals surface area contributed by atoms with Gasteiger partial charge in [-0.25, -0.2) is 0 Å². The number of carbonyl (C=O) groups excluding carboxylic acids is 1. The summed E-state index contributed by atoms with van der Waals surface area (Å²) in [4.78, 5) is 15.6. The maximum atomic E-state index is 13.8. The molecule has 1 aliphatic carbocycles. The van der Waals surface area contributed by atoms with E-state index in [1.807, 2.05) is 6.07 Å². The Bertz CT molecular complexity index is 934. The van der Waals surface area contributed by atoms with Gasteiger partial charge in [0.15, 0.2) is 0 Å². The zero-order valence-corrected chi connectivity index (χ0v) is 19.3. The van der Waals surface area contributed by atoms with E-state index >= 15 is 0 Å². The molecular weight excluding hydrogens is 431 g/mol. The van der Waals surface area contributed by atoms with E-state index in [9.17, 15) is 23.2 Å². The molecule has 0 radical (unpaired) electrons. The van der Waals surface area contributed by atoms with Crippen molar-refractivity contribution in [3.8, 4) is 6.07 Å². The summed E-state index contributed by atoms with van der Waals surface area (Å²) in [5.41, 5.74) is -0.201. The molecule has 1 N–H and O–H groups in total. The fraction of sp³-hybridized carbons (Fsp3) is 0.680. The normalized spacial score (nSPS) is 26.3. The van der Waals surface area contributed by atoms with Crippen molar-refractivity contribution in [1.29, 1.82) is 5.26 Å². The molecule has 1 aromatic carbocycles. The van der Waals surface area contributed by atoms with Crippen LogP contribution in [0.15, 0.2) is 12.1 Å². The number of nitrogens with one attached hydrogen (secondary N) is 1. The van der Waals surface area contributed by atoms with Gasteiger partial charge >= 0.3 is 6.18 Å². The average Bonchev–Trinajstić information content (AvgIpc) is 3.22. The number of ether oxygens (including phenoxy) is 1. The minimum Gasteiger partial charge on any atom is -0.381 e. The molecule has 2 fully saturated rings. The molecule has 0 bridgehead atoms. The largest absolute Gasteiger partial charge is 0.416 e. The molecule has 2 aliphatic heterocycles. The number of halogens is 3. The summed E-state index contributed by atoms with van der Waals surface area (Å²) < 4.78 is 45.6. The Morgan fingerprint density at radius 1 is 1.24 bits per heavy atom. The summed E-state index contributed by atoms with van der Waals surface area (Å²) in [5, 5.41) is 13.1. The standard InChI is InChI=1S/C25H32F3N3O2/c1-16(2)24(7-3-21(13-24)30-20-5-9-33-10-6-20)23(32)31-8-4-22-17(14-29)11-19(25(26,27)28)12-18(22)15-31/h11-12,16,20-21,30H,3-10,13,15H2,1-2H3/t21-,24+/m1/s1. The third-order valence-corrected chi connectivity index (χ3v) is 7.84. The zero-order chi connectivity index (χ0) is 23.8. The molecule has 1 saturated heterocycles. The Labute approximate surface area is 193 Å². The third kappa shape index (κ3) is 4.76. The Hall–Kier alpha value is -2.11. The highest BCUT2D eigenvalue weighted by Crippen LogP contribution is 2.47. The van der Waals surface area contributed by atoms with Crippen LogP contribution in [0.3, 0.4) is 0 Å². The van der Waals surface area contributed by atoms with Crippen LogP contribution in [-0.2, 0) is 28.7 Å². The molecule has 5 nitrogen and oxygen atoms in total. The summed E-state index contributed by atoms with van der Waals surface area (Å²) in [6.07, 6.45) is 0.273. The maximum absolute atomic E-state index is 13.8. The lowest BCUT2D eigenvalue weighted by molar-refractivity contribution is -0.145. The fourth-order valence-electron chi connectivity index (χ4n) is 5.83. The molecule has 1 aromatic rings. The zero-order valence-electron chi connectivity index (χ0n) is 19.3. The smallest absolute Gasteiger partial charge is 0.381 e. The number of amides is 1. The van der Waals surface area contributed by atoms with E-state index in [1.165, 1.54) is 0 Å². The van der Waals surface area contributed by atoms with E-state index in [2.05, 4.69) is 19.2 Å². The first-order chi connectivity index (χ1) is 15.6. The summed E-state index contributed by atoms with van der Waals surface area (Å²) in [7, 11) is 0. The van der Waals surface area contributed by atoms with E-state index in [-0.39, 0.29) is 30.0 Å². The Kier molecular flexibility index (Phi) is 6.75. The van der Waals surface area contributed by atoms with E-state index < -0.39 is 17.2 Å². The summed E-state index contributed by atoms with van der Waals surface area (Å²) >= 11 is 0. The molecule has 0 spiro atoms. The van der Waals surface area contributed by atoms with Crippen molar-refractivity contribution in [3.63, 3.8) is 0 Å². The minimum absolute atomic E-state index is 0.0374. The van der Waals surface area contributed by atoms with Gasteiger partial charge in [-0.3, -0.25) is 4.79 Å². The first-order valence-corrected chi connectivity index (χ1v) is 11.9. The van der Waals surface area contributed by atoms with Crippen LogP contribution < -0.4 is 5.32 Å². The van der Waals surface area contributed by atoms with Crippen LogP contribution in [0, 0.1) is 22.7 Å². The van der Waals surface area contributed by atoms with E-state index in [0.29, 0.717) is 30.1 Å². The minimum atomic E-state index is -4.53. The van der Waals surface area contributed by atoms with Crippen molar-refractivity contribution in [2.45, 2.75) is 77.2 Å². The van der Waals surface area contributed by atoms with Crippen LogP contribution in [0.25, 0.3) is 0 Å². The summed E-state index contributed by atoms with van der Waals surface area (Å²) in [6, 6.07) is 4.63. The topological polar surface area (TPSA) is 65.4 Å². The highest BCUT2D eigenvalue weighted by Gasteiger charge is 2.50. The van der Waals surface area contributed by atoms with Gasteiger partial charge in [0, 0.05) is 38.4 Å². The van der Waals surface area contributed by atoms with Crippen LogP contribution in [0.5, 0.6) is 0 Å². The second-order valence-electron chi connectivity index (χ2n) is 10.1. The van der Waals surface area contributed by atoms with Gasteiger partial charge in [-0.05, 0) is 67.7 Å². The highest BCUT2D eigenvalue weighted by molar-refractivity contribution is 5.84. The number of alkyl halides is 3. The molecule has 8 heteroatoms. The van der Waals surface area contributed by atoms with Gasteiger partial charge < -0.3 is 15.0 Å². The van der Waals surface area contributed by atoms with E-state index in [1.54, 1.807) is 4.90 Å². The lowest BCUT2D eigenvalue weighted by atomic mass is 9.73. The van der Waals surface area contributed by atoms with Crippen LogP contribution in [0.4, 0.5) is 13.2 Å². The SMILES string of the molecule is CC(C)[C@]1(C(=O)N2CCc3c(C#N)cc(C(F)(F)F)cc3C2)CC[C@@H](NC2CCOCC2)C1. The Balaban J connectivity index is 1.53. The second-order valence-corrected chi connectivity index (χ2v) is 10.1. The quantitative estimate of drug-likeness (QED) is 0.718. The molecule has 33 heavy (non-hydrogen) atoms. The van der Waals surface area contributed by atoms with Crippen LogP contribution in [-0.4, -0.2) is 42.6 Å². The number of benzene rings is 1. The number of hydrogen-bond donors (Lipinski definition) is 1. The van der Waals surface area contributed by atoms with Gasteiger partial charge in [0.05, 0.1) is 22.6 Å². The molecule has 4 rings (SSSR count). The highest BCUT2D eigenvalue weighted by atomic mass is 19.4. The monoisotopic (exact) mass is 463 g/mol. The molecule has 2 atom stereocenters. The number of hydrogen-bond acceptors (Lipinski definition) is 4. The lowest BCUT2D eigenvalue weighted by Gasteiger charge is -2.40. The Morgan fingerprint density at radius 3 is 2.61 bits per heavy atom. The molecular formula is C25H32F3N3O2. The number of nitrogens with zero attached hydrogens (tertiary/aromatic N) is 2. The molecule has 1 saturated carbocycles. The number of rotatable bonds is 4. The van der Waals surface area contributed by atoms with Crippen LogP contribution in [0.1, 0.15) is 68.2 Å². The molecule has 3 aliphatic rings. The van der Waals surface area contributed by atoms with Crippen molar-refractivity contribution in [2.75, 3.05) is 19.8 Å². The number of carbonyl (C=O) groups is 1. The van der Waals surface area contributed by atoms with Gasteiger partial charge in [0.25, 0.3) is 0 Å². The summed E-state index contributed by atoms with van der Waals surface area (Å²) in [5.74, 6) is 0.166.